The second-order valence-electron chi connectivity index (χ2n) is 8.01. The Kier molecular flexibility index (Phi) is 6.35. The number of amides is 1. The highest BCUT2D eigenvalue weighted by atomic mass is 16.5. The van der Waals surface area contributed by atoms with Gasteiger partial charge in [-0.05, 0) is 56.2 Å². The smallest absolute Gasteiger partial charge is 0.267 e. The number of para-hydroxylation sites is 2. The molecule has 0 radical (unpaired) electrons. The van der Waals surface area contributed by atoms with Crippen LogP contribution in [0, 0.1) is 0 Å². The van der Waals surface area contributed by atoms with Gasteiger partial charge in [0.05, 0.1) is 18.8 Å². The van der Waals surface area contributed by atoms with Gasteiger partial charge in [-0.3, -0.25) is 9.59 Å². The van der Waals surface area contributed by atoms with Crippen LogP contribution in [0.2, 0.25) is 0 Å². The number of aryl methyl sites for hydroxylation is 2. The quantitative estimate of drug-likeness (QED) is 0.708. The molecule has 160 valence electrons. The van der Waals surface area contributed by atoms with Crippen molar-refractivity contribution in [2.45, 2.75) is 51.0 Å². The number of hydrogen-bond acceptors (Lipinski definition) is 5. The molecule has 2 aromatic rings. The van der Waals surface area contributed by atoms with E-state index in [1.165, 1.54) is 6.42 Å². The van der Waals surface area contributed by atoms with Crippen LogP contribution in [-0.4, -0.2) is 47.4 Å². The molecule has 1 aliphatic carbocycles. The van der Waals surface area contributed by atoms with Crippen LogP contribution in [0.5, 0.6) is 11.5 Å². The summed E-state index contributed by atoms with van der Waals surface area (Å²) in [6.45, 7) is 1.18. The molecular formula is C23H29N3O4. The molecule has 0 unspecified atom stereocenters. The number of nitrogens with zero attached hydrogens (tertiary/aromatic N) is 3. The highest BCUT2D eigenvalue weighted by Crippen LogP contribution is 2.26. The van der Waals surface area contributed by atoms with Gasteiger partial charge in [-0.2, -0.15) is 5.10 Å². The number of carbonyl (C=O) groups is 1. The molecule has 1 amide bonds. The molecule has 1 saturated heterocycles. The molecule has 0 bridgehead atoms. The number of carbonyl (C=O) groups excluding carboxylic acids is 1. The SMILES string of the molecule is COc1ccccc1OCC(=O)N1CCC(n2nc3c(cc2=O)CCCCC3)CC1. The summed E-state index contributed by atoms with van der Waals surface area (Å²) in [4.78, 5) is 27.0. The molecular weight excluding hydrogens is 382 g/mol. The average molecular weight is 412 g/mol. The number of benzene rings is 1. The molecule has 1 fully saturated rings. The van der Waals surface area contributed by atoms with Gasteiger partial charge < -0.3 is 14.4 Å². The third kappa shape index (κ3) is 4.50. The zero-order chi connectivity index (χ0) is 20.9. The fraction of sp³-hybridized carbons (Fsp3) is 0.522. The minimum atomic E-state index is -0.0541. The number of hydrogen-bond donors (Lipinski definition) is 0. The van der Waals surface area contributed by atoms with Gasteiger partial charge in [0.1, 0.15) is 0 Å². The number of rotatable bonds is 5. The number of ether oxygens (including phenoxy) is 2. The standard InChI is InChI=1S/C23H29N3O4/c1-29-20-9-5-6-10-21(20)30-16-23(28)25-13-11-18(12-14-25)26-22(27)15-17-7-3-2-4-8-19(17)24-26/h5-6,9-10,15,18H,2-4,7-8,11-14,16H2,1H3. The molecule has 7 heteroatoms. The summed E-state index contributed by atoms with van der Waals surface area (Å²) in [5, 5.41) is 4.72. The summed E-state index contributed by atoms with van der Waals surface area (Å²) in [5.74, 6) is 1.11. The Morgan fingerprint density at radius 1 is 1.10 bits per heavy atom. The predicted molar refractivity (Wildman–Crippen MR) is 113 cm³/mol. The van der Waals surface area contributed by atoms with Gasteiger partial charge >= 0.3 is 0 Å². The summed E-state index contributed by atoms with van der Waals surface area (Å²) >= 11 is 0. The Hall–Kier alpha value is -2.83. The van der Waals surface area contributed by atoms with Crippen LogP contribution in [0.25, 0.3) is 0 Å². The fourth-order valence-electron chi connectivity index (χ4n) is 4.34. The van der Waals surface area contributed by atoms with Crippen molar-refractivity contribution in [3.63, 3.8) is 0 Å². The second-order valence-corrected chi connectivity index (χ2v) is 8.01. The van der Waals surface area contributed by atoms with E-state index in [2.05, 4.69) is 0 Å². The van der Waals surface area contributed by atoms with Crippen LogP contribution in [0.1, 0.15) is 49.4 Å². The van der Waals surface area contributed by atoms with E-state index in [-0.39, 0.29) is 24.1 Å². The third-order valence-electron chi connectivity index (χ3n) is 6.07. The lowest BCUT2D eigenvalue weighted by Gasteiger charge is -2.32. The highest BCUT2D eigenvalue weighted by Gasteiger charge is 2.26. The Labute approximate surface area is 176 Å². The molecule has 0 N–H and O–H groups in total. The lowest BCUT2D eigenvalue weighted by atomic mass is 10.0. The molecule has 0 atom stereocenters. The monoisotopic (exact) mass is 411 g/mol. The van der Waals surface area contributed by atoms with Crippen molar-refractivity contribution in [2.75, 3.05) is 26.8 Å². The molecule has 30 heavy (non-hydrogen) atoms. The number of fused-ring (bicyclic) bond motifs is 1. The fourth-order valence-corrected chi connectivity index (χ4v) is 4.34. The van der Waals surface area contributed by atoms with Crippen molar-refractivity contribution >= 4 is 5.91 Å². The number of likely N-dealkylation sites (tertiary alicyclic amines) is 1. The van der Waals surface area contributed by atoms with E-state index in [1.807, 2.05) is 12.1 Å². The molecule has 2 aliphatic rings. The molecule has 1 aromatic heterocycles. The number of piperidine rings is 1. The molecule has 7 nitrogen and oxygen atoms in total. The van der Waals surface area contributed by atoms with E-state index in [0.29, 0.717) is 24.6 Å². The van der Waals surface area contributed by atoms with Crippen molar-refractivity contribution in [3.05, 3.63) is 51.9 Å². The van der Waals surface area contributed by atoms with Gasteiger partial charge in [-0.15, -0.1) is 0 Å². The zero-order valence-electron chi connectivity index (χ0n) is 17.5. The Morgan fingerprint density at radius 3 is 2.60 bits per heavy atom. The molecule has 4 rings (SSSR count). The third-order valence-corrected chi connectivity index (χ3v) is 6.07. The maximum Gasteiger partial charge on any atom is 0.267 e. The summed E-state index contributed by atoms with van der Waals surface area (Å²) < 4.78 is 12.6. The highest BCUT2D eigenvalue weighted by molar-refractivity contribution is 5.78. The normalized spacial score (nSPS) is 17.2. The van der Waals surface area contributed by atoms with Gasteiger partial charge in [0.25, 0.3) is 11.5 Å². The van der Waals surface area contributed by atoms with Crippen molar-refractivity contribution < 1.29 is 14.3 Å². The summed E-state index contributed by atoms with van der Waals surface area (Å²) in [7, 11) is 1.58. The Morgan fingerprint density at radius 2 is 1.83 bits per heavy atom. The van der Waals surface area contributed by atoms with Crippen LogP contribution >= 0.6 is 0 Å². The topological polar surface area (TPSA) is 73.7 Å². The lowest BCUT2D eigenvalue weighted by molar-refractivity contribution is -0.134. The number of aromatic nitrogens is 2. The first-order valence-electron chi connectivity index (χ1n) is 10.8. The first-order valence-corrected chi connectivity index (χ1v) is 10.8. The minimum Gasteiger partial charge on any atom is -0.493 e. The zero-order valence-corrected chi connectivity index (χ0v) is 17.5. The predicted octanol–water partition coefficient (Wildman–Crippen LogP) is 2.76. The van der Waals surface area contributed by atoms with Crippen LogP contribution < -0.4 is 15.0 Å². The van der Waals surface area contributed by atoms with E-state index in [1.54, 1.807) is 34.9 Å². The van der Waals surface area contributed by atoms with Crippen LogP contribution in [0.4, 0.5) is 0 Å². The van der Waals surface area contributed by atoms with E-state index in [9.17, 15) is 9.59 Å². The maximum absolute atomic E-state index is 12.6. The molecule has 1 aliphatic heterocycles. The summed E-state index contributed by atoms with van der Waals surface area (Å²) in [6, 6.07) is 9.12. The first kappa shape index (κ1) is 20.4. The van der Waals surface area contributed by atoms with Crippen molar-refractivity contribution in [2.24, 2.45) is 0 Å². The molecule has 2 heterocycles. The van der Waals surface area contributed by atoms with Crippen molar-refractivity contribution in [1.29, 1.82) is 0 Å². The summed E-state index contributed by atoms with van der Waals surface area (Å²) in [5.41, 5.74) is 2.19. The van der Waals surface area contributed by atoms with E-state index in [0.717, 1.165) is 49.8 Å². The second kappa shape index (κ2) is 9.32. The van der Waals surface area contributed by atoms with Crippen molar-refractivity contribution in [1.82, 2.24) is 14.7 Å². The van der Waals surface area contributed by atoms with Gasteiger partial charge in [-0.1, -0.05) is 18.6 Å². The lowest BCUT2D eigenvalue weighted by Crippen LogP contribution is -2.43. The van der Waals surface area contributed by atoms with E-state index < -0.39 is 0 Å². The number of methoxy groups -OCH3 is 1. The molecule has 0 saturated carbocycles. The van der Waals surface area contributed by atoms with E-state index in [4.69, 9.17) is 14.6 Å². The van der Waals surface area contributed by atoms with Crippen LogP contribution in [0.15, 0.2) is 35.1 Å². The van der Waals surface area contributed by atoms with E-state index >= 15 is 0 Å². The van der Waals surface area contributed by atoms with Crippen molar-refractivity contribution in [3.8, 4) is 11.5 Å². The maximum atomic E-state index is 12.6. The van der Waals surface area contributed by atoms with Gasteiger partial charge in [0.2, 0.25) is 0 Å². The molecule has 0 spiro atoms. The van der Waals surface area contributed by atoms with Gasteiger partial charge in [0, 0.05) is 19.2 Å². The first-order chi connectivity index (χ1) is 14.7. The minimum absolute atomic E-state index is 0.0140. The molecule has 1 aromatic carbocycles. The average Bonchev–Trinajstić information content (AvgIpc) is 3.02. The summed E-state index contributed by atoms with van der Waals surface area (Å²) in [6.07, 6.45) is 6.83. The van der Waals surface area contributed by atoms with Crippen LogP contribution in [0.3, 0.4) is 0 Å². The van der Waals surface area contributed by atoms with Gasteiger partial charge in [0.15, 0.2) is 18.1 Å². The largest absolute Gasteiger partial charge is 0.493 e. The van der Waals surface area contributed by atoms with Gasteiger partial charge in [-0.25, -0.2) is 4.68 Å². The Balaban J connectivity index is 1.35. The Bertz CT molecular complexity index is 948. The van der Waals surface area contributed by atoms with Crippen LogP contribution in [-0.2, 0) is 17.6 Å².